The Morgan fingerprint density at radius 1 is 0.792 bits per heavy atom. The zero-order chi connectivity index (χ0) is 15.4. The molecule has 0 bridgehead atoms. The summed E-state index contributed by atoms with van der Waals surface area (Å²) in [6, 6.07) is 17.0. The Balaban J connectivity index is 0.00000144. The van der Waals surface area contributed by atoms with Crippen LogP contribution in [0.5, 0.6) is 0 Å². The number of hydrogen-bond acceptors (Lipinski definition) is 2. The molecule has 24 heavy (non-hydrogen) atoms. The third-order valence-electron chi connectivity index (χ3n) is 4.16. The minimum atomic E-state index is 0. The molecule has 3 rings (SSSR count). The molecule has 2 nitrogen and oxygen atoms in total. The van der Waals surface area contributed by atoms with E-state index in [4.69, 9.17) is 0 Å². The van der Waals surface area contributed by atoms with Gasteiger partial charge in [-0.3, -0.25) is 9.97 Å². The quantitative estimate of drug-likeness (QED) is 0.425. The fourth-order valence-corrected chi connectivity index (χ4v) is 2.53. The molecule has 2 aromatic heterocycles. The van der Waals surface area contributed by atoms with Crippen LogP contribution >= 0.6 is 0 Å². The summed E-state index contributed by atoms with van der Waals surface area (Å²) >= 11 is 0. The van der Waals surface area contributed by atoms with E-state index < -0.39 is 0 Å². The van der Waals surface area contributed by atoms with Crippen molar-refractivity contribution in [3.05, 3.63) is 72.7 Å². The minimum Gasteiger partial charge on any atom is -0.265 e. The second-order valence-corrected chi connectivity index (χ2v) is 5.60. The third kappa shape index (κ3) is 5.63. The number of benzene rings is 1. The van der Waals surface area contributed by atoms with Crippen molar-refractivity contribution >= 4 is 0 Å². The van der Waals surface area contributed by atoms with Gasteiger partial charge in [0, 0.05) is 107 Å². The maximum atomic E-state index is 4.51. The van der Waals surface area contributed by atoms with Gasteiger partial charge in [-0.25, -0.2) is 0 Å². The van der Waals surface area contributed by atoms with Crippen molar-refractivity contribution in [1.29, 1.82) is 0 Å². The fraction of sp³-hybridized carbons (Fsp3) is 0.200. The maximum absolute atomic E-state index is 4.51. The van der Waals surface area contributed by atoms with E-state index in [-0.39, 0.29) is 82.6 Å². The second kappa shape index (κ2) is 11.1. The Bertz CT molecular complexity index is 743. The van der Waals surface area contributed by atoms with Crippen LogP contribution in [0, 0.1) is 82.6 Å². The van der Waals surface area contributed by atoms with Crippen LogP contribution in [-0.2, 0) is 0 Å². The van der Waals surface area contributed by atoms with E-state index in [1.807, 2.05) is 36.8 Å². The predicted octanol–water partition coefficient (Wildman–Crippen LogP) is 5.32. The molecule has 116 valence electrons. The van der Waals surface area contributed by atoms with Crippen molar-refractivity contribution in [2.24, 2.45) is 0 Å². The van der Waals surface area contributed by atoms with Crippen LogP contribution in [0.25, 0.3) is 22.4 Å². The van der Waals surface area contributed by atoms with Crippen molar-refractivity contribution in [1.82, 2.24) is 9.97 Å². The summed E-state index contributed by atoms with van der Waals surface area (Å²) in [4.78, 5) is 8.58. The van der Waals surface area contributed by atoms with Gasteiger partial charge in [0.25, 0.3) is 0 Å². The van der Waals surface area contributed by atoms with Crippen LogP contribution in [0.3, 0.4) is 0 Å². The standard InChI is InChI=1S/C20H20N2.2Pr/c1-3-15(2)16-4-6-18(7-5-16)20-14-19(10-13-22-20)17-8-11-21-12-9-17;;/h4-15H,3H2,1-2H3;;. The molecule has 0 saturated heterocycles. The maximum Gasteiger partial charge on any atom is 0.0708 e. The number of pyridine rings is 2. The largest absolute Gasteiger partial charge is 0.265 e. The number of rotatable bonds is 4. The molecule has 1 aromatic carbocycles. The molecule has 4 heteroatoms. The van der Waals surface area contributed by atoms with Gasteiger partial charge in [-0.1, -0.05) is 38.1 Å². The number of hydrogen-bond donors (Lipinski definition) is 0. The molecule has 0 fully saturated rings. The number of nitrogens with zero attached hydrogens (tertiary/aromatic N) is 2. The monoisotopic (exact) mass is 570 g/mol. The van der Waals surface area contributed by atoms with Gasteiger partial charge >= 0.3 is 0 Å². The molecule has 0 amide bonds. The minimum absolute atomic E-state index is 0. The molecule has 0 aliphatic carbocycles. The molecule has 1 atom stereocenters. The van der Waals surface area contributed by atoms with E-state index >= 15 is 0 Å². The van der Waals surface area contributed by atoms with Crippen molar-refractivity contribution < 1.29 is 82.6 Å². The molecule has 3 aromatic rings. The SMILES string of the molecule is CCC(C)c1ccc(-c2cc(-c3ccncc3)ccn2)cc1.[Pr].[Pr]. The van der Waals surface area contributed by atoms with Crippen molar-refractivity contribution in [3.8, 4) is 22.4 Å². The van der Waals surface area contributed by atoms with Crippen LogP contribution < -0.4 is 0 Å². The van der Waals surface area contributed by atoms with E-state index in [1.54, 1.807) is 0 Å². The smallest absolute Gasteiger partial charge is 0.0708 e. The van der Waals surface area contributed by atoms with Gasteiger partial charge < -0.3 is 0 Å². The van der Waals surface area contributed by atoms with E-state index in [9.17, 15) is 0 Å². The van der Waals surface area contributed by atoms with E-state index in [0.29, 0.717) is 5.92 Å². The van der Waals surface area contributed by atoms with Gasteiger partial charge in [0.2, 0.25) is 0 Å². The van der Waals surface area contributed by atoms with Gasteiger partial charge in [-0.15, -0.1) is 0 Å². The topological polar surface area (TPSA) is 25.8 Å². The summed E-state index contributed by atoms with van der Waals surface area (Å²) in [6.45, 7) is 4.48. The Morgan fingerprint density at radius 2 is 1.42 bits per heavy atom. The number of aromatic nitrogens is 2. The Labute approximate surface area is 210 Å². The van der Waals surface area contributed by atoms with E-state index in [0.717, 1.165) is 23.2 Å². The van der Waals surface area contributed by atoms with Gasteiger partial charge in [0.1, 0.15) is 0 Å². The fourth-order valence-electron chi connectivity index (χ4n) is 2.53. The van der Waals surface area contributed by atoms with Gasteiger partial charge in [-0.2, -0.15) is 0 Å². The normalized spacial score (nSPS) is 11.1. The summed E-state index contributed by atoms with van der Waals surface area (Å²) in [7, 11) is 0. The van der Waals surface area contributed by atoms with Gasteiger partial charge in [0.15, 0.2) is 0 Å². The average molecular weight is 570 g/mol. The third-order valence-corrected chi connectivity index (χ3v) is 4.16. The molecule has 2 heterocycles. The molecular weight excluding hydrogens is 550 g/mol. The summed E-state index contributed by atoms with van der Waals surface area (Å²) in [5.41, 5.74) is 5.87. The zero-order valence-corrected chi connectivity index (χ0v) is 21.6. The van der Waals surface area contributed by atoms with Gasteiger partial charge in [0.05, 0.1) is 5.69 Å². The summed E-state index contributed by atoms with van der Waals surface area (Å²) < 4.78 is 0. The molecule has 0 aliphatic rings. The molecule has 1 unspecified atom stereocenters. The zero-order valence-electron chi connectivity index (χ0n) is 14.2. The molecule has 0 N–H and O–H groups in total. The Morgan fingerprint density at radius 3 is 2.04 bits per heavy atom. The Kier molecular flexibility index (Phi) is 10.3. The van der Waals surface area contributed by atoms with Crippen molar-refractivity contribution in [3.63, 3.8) is 0 Å². The van der Waals surface area contributed by atoms with E-state index in [2.05, 4.69) is 54.1 Å². The van der Waals surface area contributed by atoms with E-state index in [1.165, 1.54) is 11.1 Å². The summed E-state index contributed by atoms with van der Waals surface area (Å²) in [5, 5.41) is 0. The van der Waals surface area contributed by atoms with Gasteiger partial charge in [-0.05, 0) is 53.3 Å². The van der Waals surface area contributed by atoms with Crippen molar-refractivity contribution in [2.75, 3.05) is 0 Å². The summed E-state index contributed by atoms with van der Waals surface area (Å²) in [5.74, 6) is 0.602. The van der Waals surface area contributed by atoms with Crippen LogP contribution in [0.2, 0.25) is 0 Å². The van der Waals surface area contributed by atoms with Crippen LogP contribution in [0.15, 0.2) is 67.1 Å². The first kappa shape index (κ1) is 22.3. The van der Waals surface area contributed by atoms with Crippen LogP contribution in [0.4, 0.5) is 0 Å². The average Bonchev–Trinajstić information content (AvgIpc) is 2.62. The molecule has 0 spiro atoms. The predicted molar refractivity (Wildman–Crippen MR) is 91.6 cm³/mol. The molecule has 0 aliphatic heterocycles. The van der Waals surface area contributed by atoms with Crippen LogP contribution in [0.1, 0.15) is 31.7 Å². The second-order valence-electron chi connectivity index (χ2n) is 5.60. The van der Waals surface area contributed by atoms with Crippen LogP contribution in [-0.4, -0.2) is 9.97 Å². The summed E-state index contributed by atoms with van der Waals surface area (Å²) in [6.07, 6.45) is 6.66. The molecular formula is C20H20N2Pr2. The van der Waals surface area contributed by atoms with Crippen molar-refractivity contribution in [2.45, 2.75) is 26.2 Å². The first-order chi connectivity index (χ1) is 10.8. The molecule has 0 saturated carbocycles. The molecule has 2 radical (unpaired) electrons. The Hall–Kier alpha value is 0.247. The first-order valence-electron chi connectivity index (χ1n) is 7.74. The first-order valence-corrected chi connectivity index (χ1v) is 7.74.